The minimum absolute atomic E-state index is 0.0283. The molecule has 168 valence electrons. The van der Waals surface area contributed by atoms with E-state index in [0.29, 0.717) is 16.1 Å². The van der Waals surface area contributed by atoms with E-state index < -0.39 is 11.2 Å². The second-order valence-electron chi connectivity index (χ2n) is 7.47. The molecular weight excluding hydrogens is 438 g/mol. The first kappa shape index (κ1) is 22.5. The number of rotatable bonds is 7. The van der Waals surface area contributed by atoms with Gasteiger partial charge in [-0.15, -0.1) is 0 Å². The van der Waals surface area contributed by atoms with Crippen molar-refractivity contribution in [2.75, 3.05) is 12.4 Å². The smallest absolute Gasteiger partial charge is 0.307 e. The maximum atomic E-state index is 13.1. The van der Waals surface area contributed by atoms with Gasteiger partial charge in [0.1, 0.15) is 0 Å². The lowest BCUT2D eigenvalue weighted by molar-refractivity contribution is -0.140. The van der Waals surface area contributed by atoms with E-state index in [1.54, 1.807) is 31.2 Å². The van der Waals surface area contributed by atoms with Gasteiger partial charge in [-0.05, 0) is 30.5 Å². The van der Waals surface area contributed by atoms with Crippen molar-refractivity contribution in [3.8, 4) is 0 Å². The average molecular weight is 462 g/mol. The van der Waals surface area contributed by atoms with Gasteiger partial charge in [-0.2, -0.15) is 0 Å². The van der Waals surface area contributed by atoms with Gasteiger partial charge < -0.3 is 10.1 Å². The molecule has 33 heavy (non-hydrogen) atoms. The van der Waals surface area contributed by atoms with Crippen molar-refractivity contribution in [3.63, 3.8) is 0 Å². The lowest BCUT2D eigenvalue weighted by Gasteiger charge is -2.17. The molecule has 3 aromatic carbocycles. The van der Waals surface area contributed by atoms with Crippen molar-refractivity contribution in [2.45, 2.75) is 30.3 Å². The molecule has 1 heterocycles. The number of hydrogen-bond acceptors (Lipinski definition) is 6. The van der Waals surface area contributed by atoms with Gasteiger partial charge in [0.05, 0.1) is 29.7 Å². The van der Waals surface area contributed by atoms with Crippen LogP contribution in [0.2, 0.25) is 0 Å². The number of anilines is 1. The molecule has 0 spiro atoms. The Morgan fingerprint density at radius 1 is 1.03 bits per heavy atom. The number of fused-ring (bicyclic) bond motifs is 2. The summed E-state index contributed by atoms with van der Waals surface area (Å²) in [5, 5.41) is 5.26. The zero-order valence-electron chi connectivity index (χ0n) is 18.3. The standard InChI is InChI=1S/C25H23N3O4S/c1-16(23(30)26-20-13-7-9-17-8-3-4-10-18(17)20)33-25-27-21-12-6-5-11-19(21)24(31)28(25)15-14-22(29)32-2/h3-13,16H,14-15H2,1-2H3,(H,26,30)/t16-/m0/s1. The predicted molar refractivity (Wildman–Crippen MR) is 131 cm³/mol. The van der Waals surface area contributed by atoms with Crippen LogP contribution in [-0.4, -0.2) is 33.8 Å². The lowest BCUT2D eigenvalue weighted by atomic mass is 10.1. The fourth-order valence-corrected chi connectivity index (χ4v) is 4.46. The van der Waals surface area contributed by atoms with Gasteiger partial charge in [0.25, 0.3) is 5.56 Å². The fourth-order valence-electron chi connectivity index (χ4n) is 3.52. The summed E-state index contributed by atoms with van der Waals surface area (Å²) >= 11 is 1.18. The number of thioether (sulfide) groups is 1. The van der Waals surface area contributed by atoms with Gasteiger partial charge in [0, 0.05) is 17.6 Å². The number of hydrogen-bond donors (Lipinski definition) is 1. The first-order valence-electron chi connectivity index (χ1n) is 10.5. The number of esters is 1. The first-order valence-corrected chi connectivity index (χ1v) is 11.4. The lowest BCUT2D eigenvalue weighted by Crippen LogP contribution is -2.28. The van der Waals surface area contributed by atoms with Crippen molar-refractivity contribution in [1.29, 1.82) is 0 Å². The minimum Gasteiger partial charge on any atom is -0.469 e. The zero-order valence-corrected chi connectivity index (χ0v) is 19.1. The van der Waals surface area contributed by atoms with Gasteiger partial charge in [-0.1, -0.05) is 60.3 Å². The highest BCUT2D eigenvalue weighted by atomic mass is 32.2. The summed E-state index contributed by atoms with van der Waals surface area (Å²) < 4.78 is 6.15. The molecule has 0 bridgehead atoms. The van der Waals surface area contributed by atoms with Crippen LogP contribution in [0.1, 0.15) is 13.3 Å². The molecule has 1 amide bonds. The van der Waals surface area contributed by atoms with E-state index in [1.165, 1.54) is 23.4 Å². The van der Waals surface area contributed by atoms with E-state index in [4.69, 9.17) is 4.74 Å². The van der Waals surface area contributed by atoms with Crippen LogP contribution in [0.25, 0.3) is 21.7 Å². The Kier molecular flexibility index (Phi) is 6.74. The molecule has 1 aromatic heterocycles. The summed E-state index contributed by atoms with van der Waals surface area (Å²) in [6, 6.07) is 20.6. The normalized spacial score (nSPS) is 11.9. The fraction of sp³-hybridized carbons (Fsp3) is 0.200. The van der Waals surface area contributed by atoms with E-state index in [-0.39, 0.29) is 24.4 Å². The summed E-state index contributed by atoms with van der Waals surface area (Å²) in [4.78, 5) is 42.4. The van der Waals surface area contributed by atoms with E-state index >= 15 is 0 Å². The number of nitrogens with one attached hydrogen (secondary N) is 1. The Morgan fingerprint density at radius 2 is 1.73 bits per heavy atom. The van der Waals surface area contributed by atoms with Crippen molar-refractivity contribution in [3.05, 3.63) is 77.1 Å². The molecule has 4 rings (SSSR count). The van der Waals surface area contributed by atoms with Gasteiger partial charge in [-0.25, -0.2) is 4.98 Å². The third kappa shape index (κ3) is 4.90. The predicted octanol–water partition coefficient (Wildman–Crippen LogP) is 4.23. The van der Waals surface area contributed by atoms with Gasteiger partial charge >= 0.3 is 5.97 Å². The number of amides is 1. The molecular formula is C25H23N3O4S. The maximum absolute atomic E-state index is 13.1. The van der Waals surface area contributed by atoms with Crippen LogP contribution >= 0.6 is 11.8 Å². The van der Waals surface area contributed by atoms with Crippen LogP contribution in [0, 0.1) is 0 Å². The quantitative estimate of drug-likeness (QED) is 0.252. The van der Waals surface area contributed by atoms with Crippen molar-refractivity contribution < 1.29 is 14.3 Å². The van der Waals surface area contributed by atoms with Crippen molar-refractivity contribution in [2.24, 2.45) is 0 Å². The molecule has 1 N–H and O–H groups in total. The Balaban J connectivity index is 1.62. The summed E-state index contributed by atoms with van der Waals surface area (Å²) in [5.74, 6) is -0.633. The summed E-state index contributed by atoms with van der Waals surface area (Å²) in [6.45, 7) is 1.88. The average Bonchev–Trinajstić information content (AvgIpc) is 2.83. The van der Waals surface area contributed by atoms with Crippen LogP contribution in [0.3, 0.4) is 0 Å². The van der Waals surface area contributed by atoms with Gasteiger partial charge in [0.2, 0.25) is 5.91 Å². The number of benzene rings is 3. The molecule has 8 heteroatoms. The molecule has 0 saturated heterocycles. The second kappa shape index (κ2) is 9.87. The molecule has 0 radical (unpaired) electrons. The maximum Gasteiger partial charge on any atom is 0.307 e. The summed E-state index contributed by atoms with van der Waals surface area (Å²) in [7, 11) is 1.30. The van der Waals surface area contributed by atoms with Crippen LogP contribution in [-0.2, 0) is 20.9 Å². The SMILES string of the molecule is COC(=O)CCn1c(S[C@@H](C)C(=O)Nc2cccc3ccccc23)nc2ccccc2c1=O. The van der Waals surface area contributed by atoms with E-state index in [1.807, 2.05) is 42.5 Å². The topological polar surface area (TPSA) is 90.3 Å². The molecule has 4 aromatic rings. The number of methoxy groups -OCH3 is 1. The highest BCUT2D eigenvalue weighted by Gasteiger charge is 2.20. The van der Waals surface area contributed by atoms with Crippen LogP contribution in [0.4, 0.5) is 5.69 Å². The van der Waals surface area contributed by atoms with E-state index in [2.05, 4.69) is 10.3 Å². The molecule has 7 nitrogen and oxygen atoms in total. The largest absolute Gasteiger partial charge is 0.469 e. The van der Waals surface area contributed by atoms with Crippen LogP contribution < -0.4 is 10.9 Å². The molecule has 0 fully saturated rings. The number of para-hydroxylation sites is 1. The molecule has 0 saturated carbocycles. The third-order valence-electron chi connectivity index (χ3n) is 5.29. The van der Waals surface area contributed by atoms with E-state index in [0.717, 1.165) is 16.5 Å². The summed E-state index contributed by atoms with van der Waals surface area (Å²) in [6.07, 6.45) is 0.0283. The molecule has 1 atom stereocenters. The number of carbonyl (C=O) groups is 2. The zero-order chi connectivity index (χ0) is 23.4. The van der Waals surface area contributed by atoms with Gasteiger partial charge in [-0.3, -0.25) is 19.0 Å². The highest BCUT2D eigenvalue weighted by Crippen LogP contribution is 2.27. The van der Waals surface area contributed by atoms with E-state index in [9.17, 15) is 14.4 Å². The highest BCUT2D eigenvalue weighted by molar-refractivity contribution is 8.00. The Hall–Kier alpha value is -3.65. The number of carbonyl (C=O) groups excluding carboxylic acids is 2. The Labute approximate surface area is 194 Å². The van der Waals surface area contributed by atoms with Crippen LogP contribution in [0.15, 0.2) is 76.7 Å². The Morgan fingerprint density at radius 3 is 2.52 bits per heavy atom. The minimum atomic E-state index is -0.540. The first-order chi connectivity index (χ1) is 16.0. The molecule has 0 aliphatic carbocycles. The number of nitrogens with zero attached hydrogens (tertiary/aromatic N) is 2. The van der Waals surface area contributed by atoms with Gasteiger partial charge in [0.15, 0.2) is 5.16 Å². The number of ether oxygens (including phenoxy) is 1. The summed E-state index contributed by atoms with van der Waals surface area (Å²) in [5.41, 5.74) is 1.01. The monoisotopic (exact) mass is 461 g/mol. The Bertz CT molecular complexity index is 1390. The molecule has 0 aliphatic heterocycles. The van der Waals surface area contributed by atoms with Crippen molar-refractivity contribution in [1.82, 2.24) is 9.55 Å². The third-order valence-corrected chi connectivity index (χ3v) is 6.38. The second-order valence-corrected chi connectivity index (χ2v) is 8.78. The molecule has 0 unspecified atom stereocenters. The molecule has 0 aliphatic rings. The van der Waals surface area contributed by atoms with Crippen LogP contribution in [0.5, 0.6) is 0 Å². The number of aromatic nitrogens is 2. The van der Waals surface area contributed by atoms with Crippen molar-refractivity contribution >= 4 is 51.0 Å².